The van der Waals surface area contributed by atoms with Gasteiger partial charge in [-0.1, -0.05) is 66.7 Å². The molecule has 0 saturated carbocycles. The number of anilines is 1. The van der Waals surface area contributed by atoms with Crippen molar-refractivity contribution >= 4 is 33.5 Å². The maximum Gasteiger partial charge on any atom is 0.318 e. The Morgan fingerprint density at radius 3 is 1.98 bits per heavy atom. The van der Waals surface area contributed by atoms with Gasteiger partial charge in [-0.05, 0) is 96.3 Å². The first kappa shape index (κ1) is 32.2. The second kappa shape index (κ2) is 12.8. The summed E-state index contributed by atoms with van der Waals surface area (Å²) in [6.45, 7) is 4.26. The van der Waals surface area contributed by atoms with Gasteiger partial charge in [-0.25, -0.2) is 17.5 Å². The van der Waals surface area contributed by atoms with Crippen LogP contribution < -0.4 is 16.0 Å². The number of urea groups is 1. The van der Waals surface area contributed by atoms with Crippen molar-refractivity contribution in [2.45, 2.75) is 38.6 Å². The Labute approximate surface area is 276 Å². The third kappa shape index (κ3) is 6.57. The lowest BCUT2D eigenvalue weighted by Gasteiger charge is -2.34. The second-order valence-electron chi connectivity index (χ2n) is 12.4. The first-order valence-corrected chi connectivity index (χ1v) is 17.4. The minimum absolute atomic E-state index is 0.0499. The quantitative estimate of drug-likeness (QED) is 0.264. The second-order valence-corrected chi connectivity index (χ2v) is 14.5. The number of hydrogen-bond acceptors (Lipinski definition) is 5. The van der Waals surface area contributed by atoms with E-state index < -0.39 is 21.6 Å². The number of sulfonamides is 1. The standard InChI is InChI=1S/C37H39N5O4S/c1-25-21-32(41(3)36(38)44)22-26(2)33(25)15-20-47(45,46)42-18-16-37(17-19-42)35(43)39-34(40-37)31-14-8-13-30(24-31)29-12-7-11-28(23-29)27-9-5-4-6-10-27/h4-14,21-24H,15-20H2,1-3H3,(H2,38,44)(H,39,40,43). The maximum atomic E-state index is 13.4. The zero-order chi connectivity index (χ0) is 33.3. The molecule has 6 rings (SSSR count). The van der Waals surface area contributed by atoms with E-state index in [4.69, 9.17) is 10.7 Å². The number of benzene rings is 4. The summed E-state index contributed by atoms with van der Waals surface area (Å²) in [4.78, 5) is 31.2. The van der Waals surface area contributed by atoms with Gasteiger partial charge in [0.1, 0.15) is 11.4 Å². The Hall–Kier alpha value is -4.80. The van der Waals surface area contributed by atoms with Gasteiger partial charge in [0.2, 0.25) is 10.0 Å². The summed E-state index contributed by atoms with van der Waals surface area (Å²) in [5.41, 5.74) is 13.0. The maximum absolute atomic E-state index is 13.4. The zero-order valence-electron chi connectivity index (χ0n) is 26.9. The van der Waals surface area contributed by atoms with Crippen molar-refractivity contribution in [1.82, 2.24) is 9.62 Å². The van der Waals surface area contributed by atoms with Crippen molar-refractivity contribution in [1.29, 1.82) is 0 Å². The summed E-state index contributed by atoms with van der Waals surface area (Å²) < 4.78 is 28.3. The number of nitrogens with two attached hydrogens (primary N) is 1. The van der Waals surface area contributed by atoms with Crippen molar-refractivity contribution in [3.63, 3.8) is 0 Å². The van der Waals surface area contributed by atoms with E-state index in [1.807, 2.05) is 74.5 Å². The molecule has 0 aromatic heterocycles. The van der Waals surface area contributed by atoms with Gasteiger partial charge in [-0.2, -0.15) is 0 Å². The average Bonchev–Trinajstić information content (AvgIpc) is 3.39. The lowest BCUT2D eigenvalue weighted by molar-refractivity contribution is -0.124. The Morgan fingerprint density at radius 2 is 1.38 bits per heavy atom. The summed E-state index contributed by atoms with van der Waals surface area (Å²) in [5.74, 6) is 0.281. The van der Waals surface area contributed by atoms with Crippen LogP contribution in [0.1, 0.15) is 35.1 Å². The normalized spacial score (nSPS) is 16.1. The zero-order valence-corrected chi connectivity index (χ0v) is 27.7. The molecule has 242 valence electrons. The first-order valence-electron chi connectivity index (χ1n) is 15.7. The molecule has 3 N–H and O–H groups in total. The molecular weight excluding hydrogens is 611 g/mol. The molecule has 0 atom stereocenters. The van der Waals surface area contributed by atoms with Gasteiger partial charge >= 0.3 is 6.03 Å². The van der Waals surface area contributed by atoms with Crippen LogP contribution in [0, 0.1) is 13.8 Å². The van der Waals surface area contributed by atoms with E-state index in [0.29, 0.717) is 30.8 Å². The molecule has 0 unspecified atom stereocenters. The Balaban J connectivity index is 1.14. The van der Waals surface area contributed by atoms with Crippen LogP contribution in [0.2, 0.25) is 0 Å². The average molecular weight is 650 g/mol. The number of hydrogen-bond donors (Lipinski definition) is 2. The van der Waals surface area contributed by atoms with Crippen molar-refractivity contribution in [3.05, 3.63) is 113 Å². The number of primary amides is 1. The summed E-state index contributed by atoms with van der Waals surface area (Å²) in [7, 11) is -1.97. The third-order valence-electron chi connectivity index (χ3n) is 9.37. The van der Waals surface area contributed by atoms with Crippen molar-refractivity contribution in [2.24, 2.45) is 10.7 Å². The van der Waals surface area contributed by atoms with Crippen LogP contribution >= 0.6 is 0 Å². The number of carbonyl (C=O) groups excluding carboxylic acids is 2. The minimum Gasteiger partial charge on any atom is -0.351 e. The molecule has 9 nitrogen and oxygen atoms in total. The summed E-state index contributed by atoms with van der Waals surface area (Å²) in [5, 5.41) is 2.99. The van der Waals surface area contributed by atoms with E-state index >= 15 is 0 Å². The number of aryl methyl sites for hydroxylation is 2. The largest absolute Gasteiger partial charge is 0.351 e. The van der Waals surface area contributed by atoms with E-state index in [0.717, 1.165) is 44.5 Å². The van der Waals surface area contributed by atoms with Gasteiger partial charge in [-0.3, -0.25) is 14.7 Å². The number of amides is 3. The highest BCUT2D eigenvalue weighted by atomic mass is 32.2. The topological polar surface area (TPSA) is 125 Å². The van der Waals surface area contributed by atoms with Crippen molar-refractivity contribution in [3.8, 4) is 22.3 Å². The highest BCUT2D eigenvalue weighted by molar-refractivity contribution is 7.89. The molecule has 47 heavy (non-hydrogen) atoms. The van der Waals surface area contributed by atoms with Crippen molar-refractivity contribution in [2.75, 3.05) is 30.8 Å². The molecule has 2 heterocycles. The fraction of sp³-hybridized carbons (Fsp3) is 0.270. The lowest BCUT2D eigenvalue weighted by atomic mass is 9.89. The molecule has 2 aliphatic heterocycles. The minimum atomic E-state index is -3.58. The van der Waals surface area contributed by atoms with E-state index in [1.165, 1.54) is 9.21 Å². The highest BCUT2D eigenvalue weighted by Gasteiger charge is 2.47. The molecule has 0 aliphatic carbocycles. The van der Waals surface area contributed by atoms with Crippen LogP contribution in [-0.2, 0) is 21.2 Å². The molecule has 1 fully saturated rings. The summed E-state index contributed by atoms with van der Waals surface area (Å²) in [6, 6.07) is 29.7. The van der Waals surface area contributed by atoms with Crippen LogP contribution in [0.5, 0.6) is 0 Å². The van der Waals surface area contributed by atoms with Gasteiger partial charge < -0.3 is 11.1 Å². The van der Waals surface area contributed by atoms with Gasteiger partial charge in [0.15, 0.2) is 0 Å². The number of amidine groups is 1. The first-order chi connectivity index (χ1) is 22.5. The fourth-order valence-electron chi connectivity index (χ4n) is 6.53. The van der Waals surface area contributed by atoms with Crippen LogP contribution in [0.3, 0.4) is 0 Å². The Morgan fingerprint density at radius 1 is 0.851 bits per heavy atom. The fourth-order valence-corrected chi connectivity index (χ4v) is 7.99. The lowest BCUT2D eigenvalue weighted by Crippen LogP contribution is -2.50. The number of carbonyl (C=O) groups is 2. The van der Waals surface area contributed by atoms with Gasteiger partial charge in [0.25, 0.3) is 5.91 Å². The number of nitrogens with zero attached hydrogens (tertiary/aromatic N) is 3. The number of rotatable bonds is 8. The molecule has 10 heteroatoms. The third-order valence-corrected chi connectivity index (χ3v) is 11.2. The van der Waals surface area contributed by atoms with Gasteiger partial charge in [0.05, 0.1) is 5.75 Å². The molecule has 2 aliphatic rings. The van der Waals surface area contributed by atoms with E-state index in [9.17, 15) is 18.0 Å². The predicted molar refractivity (Wildman–Crippen MR) is 187 cm³/mol. The Bertz CT molecular complexity index is 1960. The van der Waals surface area contributed by atoms with Crippen LogP contribution in [-0.4, -0.2) is 61.9 Å². The molecule has 1 saturated heterocycles. The molecule has 0 bridgehead atoms. The molecule has 0 radical (unpaired) electrons. The highest BCUT2D eigenvalue weighted by Crippen LogP contribution is 2.34. The van der Waals surface area contributed by atoms with E-state index in [1.54, 1.807) is 7.05 Å². The smallest absolute Gasteiger partial charge is 0.318 e. The van der Waals surface area contributed by atoms with Crippen LogP contribution in [0.15, 0.2) is 96.0 Å². The molecule has 4 aromatic rings. The van der Waals surface area contributed by atoms with Gasteiger partial charge in [0, 0.05) is 31.4 Å². The van der Waals surface area contributed by atoms with E-state index in [2.05, 4.69) is 35.6 Å². The predicted octanol–water partition coefficient (Wildman–Crippen LogP) is 5.44. The van der Waals surface area contributed by atoms with Crippen LogP contribution in [0.4, 0.5) is 10.5 Å². The van der Waals surface area contributed by atoms with E-state index in [-0.39, 0.29) is 24.7 Å². The monoisotopic (exact) mass is 649 g/mol. The summed E-state index contributed by atoms with van der Waals surface area (Å²) >= 11 is 0. The number of piperidine rings is 1. The molecule has 3 amide bonds. The summed E-state index contributed by atoms with van der Waals surface area (Å²) in [6.07, 6.45) is 0.967. The molecule has 1 spiro atoms. The Kier molecular flexibility index (Phi) is 8.74. The molecular formula is C37H39N5O4S. The van der Waals surface area contributed by atoms with Gasteiger partial charge in [-0.15, -0.1) is 0 Å². The van der Waals surface area contributed by atoms with Crippen molar-refractivity contribution < 1.29 is 18.0 Å². The number of aliphatic imine (C=N–C) groups is 1. The SMILES string of the molecule is Cc1cc(N(C)C(N)=O)cc(C)c1CCS(=O)(=O)N1CCC2(CC1)N=C(c1cccc(-c3cccc(-c4ccccc4)c3)c1)NC2=O. The van der Waals surface area contributed by atoms with Crippen LogP contribution in [0.25, 0.3) is 22.3 Å². The molecule has 4 aromatic carbocycles. The number of nitrogens with one attached hydrogen (secondary N) is 1.